The van der Waals surface area contributed by atoms with Crippen LogP contribution in [0, 0.1) is 5.92 Å². The molecule has 4 heterocycles. The van der Waals surface area contributed by atoms with Crippen molar-refractivity contribution in [3.63, 3.8) is 0 Å². The summed E-state index contributed by atoms with van der Waals surface area (Å²) in [5, 5.41) is 8.02. The number of nitrogens with one attached hydrogen (secondary N) is 1. The predicted octanol–water partition coefficient (Wildman–Crippen LogP) is 2.96. The molecule has 0 radical (unpaired) electrons. The fraction of sp³-hybridized carbons (Fsp3) is 0.810. The molecular weight excluding hydrogens is 374 g/mol. The molecule has 0 bridgehead atoms. The molecule has 0 spiro atoms. The van der Waals surface area contributed by atoms with E-state index in [1.54, 1.807) is 0 Å². The molecule has 6 nitrogen and oxygen atoms in total. The first-order valence-corrected chi connectivity index (χ1v) is 11.1. The summed E-state index contributed by atoms with van der Waals surface area (Å²) in [6.07, 6.45) is 12.0. The van der Waals surface area contributed by atoms with Crippen LogP contribution in [0.4, 0.5) is 0 Å². The van der Waals surface area contributed by atoms with Crippen LogP contribution in [0.2, 0.25) is 0 Å². The lowest BCUT2D eigenvalue weighted by Crippen LogP contribution is -2.39. The topological polar surface area (TPSA) is 53.4 Å². The zero-order valence-electron chi connectivity index (χ0n) is 17.0. The van der Waals surface area contributed by atoms with Crippen molar-refractivity contribution in [3.8, 4) is 0 Å². The number of halogens is 1. The SMILES string of the molecule is Cl.O=C(c1ccn(C2CCCNC2)n1)N1CCC(CCCN2CCCC2)CC1. The smallest absolute Gasteiger partial charge is 0.274 e. The van der Waals surface area contributed by atoms with E-state index >= 15 is 0 Å². The van der Waals surface area contributed by atoms with Gasteiger partial charge in [-0.2, -0.15) is 5.10 Å². The van der Waals surface area contributed by atoms with Crippen molar-refractivity contribution in [3.05, 3.63) is 18.0 Å². The summed E-state index contributed by atoms with van der Waals surface area (Å²) in [4.78, 5) is 17.4. The molecule has 3 aliphatic rings. The lowest BCUT2D eigenvalue weighted by atomic mass is 9.92. The summed E-state index contributed by atoms with van der Waals surface area (Å²) >= 11 is 0. The summed E-state index contributed by atoms with van der Waals surface area (Å²) in [5.74, 6) is 0.913. The highest BCUT2D eigenvalue weighted by atomic mass is 35.5. The molecule has 3 fully saturated rings. The average Bonchev–Trinajstić information content (AvgIpc) is 3.41. The minimum atomic E-state index is 0. The number of rotatable bonds is 6. The third kappa shape index (κ3) is 5.49. The molecule has 1 aromatic rings. The zero-order valence-corrected chi connectivity index (χ0v) is 17.8. The second-order valence-corrected chi connectivity index (χ2v) is 8.61. The van der Waals surface area contributed by atoms with Gasteiger partial charge in [-0.1, -0.05) is 0 Å². The third-order valence-electron chi connectivity index (χ3n) is 6.66. The van der Waals surface area contributed by atoms with Crippen LogP contribution in [0.15, 0.2) is 12.3 Å². The van der Waals surface area contributed by atoms with Gasteiger partial charge in [-0.25, -0.2) is 0 Å². The van der Waals surface area contributed by atoms with Crippen LogP contribution in [-0.2, 0) is 0 Å². The fourth-order valence-corrected chi connectivity index (χ4v) is 4.91. The molecule has 158 valence electrons. The number of carbonyl (C=O) groups is 1. The van der Waals surface area contributed by atoms with Gasteiger partial charge in [0.25, 0.3) is 5.91 Å². The first-order chi connectivity index (χ1) is 13.3. The quantitative estimate of drug-likeness (QED) is 0.784. The van der Waals surface area contributed by atoms with Crippen molar-refractivity contribution >= 4 is 18.3 Å². The predicted molar refractivity (Wildman–Crippen MR) is 114 cm³/mol. The van der Waals surface area contributed by atoms with E-state index in [9.17, 15) is 4.79 Å². The standard InChI is InChI=1S/C21H35N5O.ClH/c27-21(20-9-16-26(23-20)19-6-3-10-22-17-19)25-14-7-18(8-15-25)5-4-13-24-11-1-2-12-24;/h9,16,18-19,22H,1-8,10-15,17H2;1H. The Hall–Kier alpha value is -1.11. The maximum absolute atomic E-state index is 12.8. The Labute approximate surface area is 175 Å². The number of amides is 1. The molecule has 0 aliphatic carbocycles. The molecule has 4 rings (SSSR count). The average molecular weight is 410 g/mol. The van der Waals surface area contributed by atoms with Gasteiger partial charge in [0, 0.05) is 25.8 Å². The molecule has 1 unspecified atom stereocenters. The molecule has 1 aromatic heterocycles. The van der Waals surface area contributed by atoms with E-state index in [1.807, 2.05) is 21.8 Å². The van der Waals surface area contributed by atoms with Gasteiger partial charge in [-0.15, -0.1) is 12.4 Å². The largest absolute Gasteiger partial charge is 0.337 e. The van der Waals surface area contributed by atoms with E-state index in [-0.39, 0.29) is 18.3 Å². The Kier molecular flexibility index (Phi) is 8.18. The highest BCUT2D eigenvalue weighted by molar-refractivity contribution is 5.92. The minimum Gasteiger partial charge on any atom is -0.337 e. The van der Waals surface area contributed by atoms with E-state index in [0.29, 0.717) is 11.7 Å². The molecular formula is C21H36ClN5O. The van der Waals surface area contributed by atoms with E-state index < -0.39 is 0 Å². The summed E-state index contributed by atoms with van der Waals surface area (Å²) in [6, 6.07) is 2.29. The summed E-state index contributed by atoms with van der Waals surface area (Å²) in [6.45, 7) is 7.71. The van der Waals surface area contributed by atoms with Crippen molar-refractivity contribution in [2.75, 3.05) is 45.8 Å². The van der Waals surface area contributed by atoms with Crippen LogP contribution in [0.25, 0.3) is 0 Å². The van der Waals surface area contributed by atoms with E-state index in [0.717, 1.165) is 51.4 Å². The molecule has 1 amide bonds. The second-order valence-electron chi connectivity index (χ2n) is 8.61. The van der Waals surface area contributed by atoms with Crippen LogP contribution in [0.3, 0.4) is 0 Å². The van der Waals surface area contributed by atoms with Crippen molar-refractivity contribution in [1.29, 1.82) is 0 Å². The first-order valence-electron chi connectivity index (χ1n) is 11.1. The number of likely N-dealkylation sites (tertiary alicyclic amines) is 2. The van der Waals surface area contributed by atoms with E-state index in [1.165, 1.54) is 51.7 Å². The van der Waals surface area contributed by atoms with Gasteiger partial charge in [-0.3, -0.25) is 9.48 Å². The number of aromatic nitrogens is 2. The zero-order chi connectivity index (χ0) is 18.5. The maximum Gasteiger partial charge on any atom is 0.274 e. The third-order valence-corrected chi connectivity index (χ3v) is 6.66. The number of piperidine rings is 2. The summed E-state index contributed by atoms with van der Waals surface area (Å²) in [5.41, 5.74) is 0.619. The number of carbonyl (C=O) groups excluding carboxylic acids is 1. The number of hydrogen-bond acceptors (Lipinski definition) is 4. The molecule has 3 aliphatic heterocycles. The van der Waals surface area contributed by atoms with Crippen molar-refractivity contribution in [2.24, 2.45) is 5.92 Å². The molecule has 1 atom stereocenters. The monoisotopic (exact) mass is 409 g/mol. The van der Waals surface area contributed by atoms with Gasteiger partial charge in [-0.05, 0) is 89.5 Å². The number of hydrogen-bond donors (Lipinski definition) is 1. The minimum absolute atomic E-state index is 0. The van der Waals surface area contributed by atoms with Gasteiger partial charge in [0.1, 0.15) is 5.69 Å². The van der Waals surface area contributed by atoms with Crippen LogP contribution < -0.4 is 5.32 Å². The van der Waals surface area contributed by atoms with Gasteiger partial charge in [0.2, 0.25) is 0 Å². The Balaban J connectivity index is 0.00000225. The van der Waals surface area contributed by atoms with Gasteiger partial charge >= 0.3 is 0 Å². The molecule has 0 aromatic carbocycles. The van der Waals surface area contributed by atoms with Crippen LogP contribution in [0.5, 0.6) is 0 Å². The normalized spacial score (nSPS) is 24.3. The molecule has 0 saturated carbocycles. The van der Waals surface area contributed by atoms with E-state index in [2.05, 4.69) is 15.3 Å². The van der Waals surface area contributed by atoms with E-state index in [4.69, 9.17) is 0 Å². The molecule has 7 heteroatoms. The molecule has 28 heavy (non-hydrogen) atoms. The Bertz CT molecular complexity index is 602. The van der Waals surface area contributed by atoms with Crippen LogP contribution in [0.1, 0.15) is 67.9 Å². The Morgan fingerprint density at radius 3 is 2.61 bits per heavy atom. The second kappa shape index (κ2) is 10.6. The van der Waals surface area contributed by atoms with Crippen molar-refractivity contribution in [1.82, 2.24) is 24.9 Å². The number of nitrogens with zero attached hydrogens (tertiary/aromatic N) is 4. The lowest BCUT2D eigenvalue weighted by Gasteiger charge is -2.32. The van der Waals surface area contributed by atoms with Gasteiger partial charge in [0.15, 0.2) is 0 Å². The van der Waals surface area contributed by atoms with Gasteiger partial charge in [0.05, 0.1) is 6.04 Å². The summed E-state index contributed by atoms with van der Waals surface area (Å²) in [7, 11) is 0. The highest BCUT2D eigenvalue weighted by Gasteiger charge is 2.26. The maximum atomic E-state index is 12.8. The first kappa shape index (κ1) is 21.6. The Morgan fingerprint density at radius 1 is 1.11 bits per heavy atom. The molecule has 1 N–H and O–H groups in total. The van der Waals surface area contributed by atoms with Crippen molar-refractivity contribution < 1.29 is 4.79 Å². The van der Waals surface area contributed by atoms with Crippen LogP contribution in [-0.4, -0.2) is 71.3 Å². The fourth-order valence-electron chi connectivity index (χ4n) is 4.91. The van der Waals surface area contributed by atoms with Crippen LogP contribution >= 0.6 is 12.4 Å². The van der Waals surface area contributed by atoms with Gasteiger partial charge < -0.3 is 15.1 Å². The summed E-state index contributed by atoms with van der Waals surface area (Å²) < 4.78 is 1.99. The molecule has 3 saturated heterocycles. The Morgan fingerprint density at radius 2 is 1.89 bits per heavy atom. The highest BCUT2D eigenvalue weighted by Crippen LogP contribution is 2.24. The van der Waals surface area contributed by atoms with Crippen molar-refractivity contribution in [2.45, 2.75) is 57.4 Å². The lowest BCUT2D eigenvalue weighted by molar-refractivity contribution is 0.0677.